The van der Waals surface area contributed by atoms with Crippen LogP contribution in [0.5, 0.6) is 5.75 Å². The molecule has 0 bridgehead atoms. The minimum atomic E-state index is -4.45. The normalized spacial score (nSPS) is 12.2. The monoisotopic (exact) mass is 346 g/mol. The molecular weight excluding hydrogens is 325 g/mol. The van der Waals surface area contributed by atoms with Gasteiger partial charge in [0.2, 0.25) is 5.91 Å². The van der Waals surface area contributed by atoms with Gasteiger partial charge in [-0.3, -0.25) is 4.79 Å². The van der Waals surface area contributed by atoms with Crippen LogP contribution in [0.25, 0.3) is 0 Å². The van der Waals surface area contributed by atoms with Crippen molar-refractivity contribution in [3.8, 4) is 5.75 Å². The predicted octanol–water partition coefficient (Wildman–Crippen LogP) is 2.22. The van der Waals surface area contributed by atoms with Crippen LogP contribution < -0.4 is 15.8 Å². The number of carbonyl (C=O) groups excluding carboxylic acids is 1. The third-order valence-electron chi connectivity index (χ3n) is 2.73. The largest absolute Gasteiger partial charge is 0.491 e. The standard InChI is InChI=1S/C15H21F3N4O2/c1-10(2)24-12-6-4-11(5-7-12)21-14(19)20-8-13(23)22(3)9-15(16,17)18/h4-7,10H,8-9H2,1-3H3,(H3,19,20,21). The first-order valence-corrected chi connectivity index (χ1v) is 7.21. The van der Waals surface area contributed by atoms with Crippen LogP contribution in [0, 0.1) is 0 Å². The number of benzene rings is 1. The van der Waals surface area contributed by atoms with Gasteiger partial charge in [-0.25, -0.2) is 4.99 Å². The summed E-state index contributed by atoms with van der Waals surface area (Å²) in [6, 6.07) is 6.88. The number of nitrogens with one attached hydrogen (secondary N) is 1. The lowest BCUT2D eigenvalue weighted by Crippen LogP contribution is -2.37. The molecule has 0 aliphatic carbocycles. The summed E-state index contributed by atoms with van der Waals surface area (Å²) in [4.78, 5) is 15.8. The highest BCUT2D eigenvalue weighted by molar-refractivity contribution is 5.93. The van der Waals surface area contributed by atoms with Gasteiger partial charge >= 0.3 is 6.18 Å². The van der Waals surface area contributed by atoms with Crippen LogP contribution in [-0.4, -0.2) is 49.2 Å². The number of guanidine groups is 1. The summed E-state index contributed by atoms with van der Waals surface area (Å²) in [6.45, 7) is 2.01. The van der Waals surface area contributed by atoms with Crippen LogP contribution in [0.4, 0.5) is 18.9 Å². The Kier molecular flexibility index (Phi) is 6.87. The third-order valence-corrected chi connectivity index (χ3v) is 2.73. The summed E-state index contributed by atoms with van der Waals surface area (Å²) in [5, 5.41) is 2.74. The molecule has 0 spiro atoms. The fourth-order valence-corrected chi connectivity index (χ4v) is 1.71. The second-order valence-corrected chi connectivity index (χ2v) is 5.38. The fraction of sp³-hybridized carbons (Fsp3) is 0.467. The maximum absolute atomic E-state index is 12.2. The molecule has 6 nitrogen and oxygen atoms in total. The van der Waals surface area contributed by atoms with Crippen LogP contribution in [0.3, 0.4) is 0 Å². The van der Waals surface area contributed by atoms with Gasteiger partial charge < -0.3 is 20.7 Å². The number of nitrogens with two attached hydrogens (primary N) is 1. The predicted molar refractivity (Wildman–Crippen MR) is 86.0 cm³/mol. The highest BCUT2D eigenvalue weighted by Gasteiger charge is 2.30. The molecule has 0 aliphatic rings. The van der Waals surface area contributed by atoms with E-state index < -0.39 is 25.2 Å². The highest BCUT2D eigenvalue weighted by atomic mass is 19.4. The van der Waals surface area contributed by atoms with Crippen molar-refractivity contribution < 1.29 is 22.7 Å². The van der Waals surface area contributed by atoms with Crippen molar-refractivity contribution in [1.29, 1.82) is 0 Å². The molecule has 1 aromatic carbocycles. The van der Waals surface area contributed by atoms with E-state index in [1.165, 1.54) is 0 Å². The van der Waals surface area contributed by atoms with E-state index >= 15 is 0 Å². The van der Waals surface area contributed by atoms with Gasteiger partial charge in [0.1, 0.15) is 18.8 Å². The molecule has 0 atom stereocenters. The van der Waals surface area contributed by atoms with Gasteiger partial charge in [-0.1, -0.05) is 0 Å². The SMILES string of the molecule is CC(C)Oc1ccc(NC(N)=NCC(=O)N(C)CC(F)(F)F)cc1. The molecule has 0 aromatic heterocycles. The quantitative estimate of drug-likeness (QED) is 0.611. The molecule has 0 heterocycles. The van der Waals surface area contributed by atoms with E-state index in [0.717, 1.165) is 7.05 Å². The number of amides is 1. The minimum absolute atomic E-state index is 0.0511. The summed E-state index contributed by atoms with van der Waals surface area (Å²) in [5.41, 5.74) is 6.23. The number of ether oxygens (including phenoxy) is 1. The molecule has 9 heteroatoms. The molecule has 134 valence electrons. The van der Waals surface area contributed by atoms with E-state index in [1.54, 1.807) is 24.3 Å². The minimum Gasteiger partial charge on any atom is -0.491 e. The van der Waals surface area contributed by atoms with Crippen LogP contribution in [0.2, 0.25) is 0 Å². The topological polar surface area (TPSA) is 80.0 Å². The second kappa shape index (κ2) is 8.42. The highest BCUT2D eigenvalue weighted by Crippen LogP contribution is 2.17. The molecule has 24 heavy (non-hydrogen) atoms. The smallest absolute Gasteiger partial charge is 0.406 e. The number of carbonyl (C=O) groups is 1. The summed E-state index contributed by atoms with van der Waals surface area (Å²) in [5.74, 6) is -0.158. The Balaban J connectivity index is 2.53. The van der Waals surface area contributed by atoms with Gasteiger partial charge in [0.15, 0.2) is 5.96 Å². The van der Waals surface area contributed by atoms with Crippen LogP contribution >= 0.6 is 0 Å². The van der Waals surface area contributed by atoms with Gasteiger partial charge in [0.05, 0.1) is 6.10 Å². The number of likely N-dealkylation sites (N-methyl/N-ethyl adjacent to an activating group) is 1. The zero-order valence-corrected chi connectivity index (χ0v) is 13.7. The molecule has 0 aliphatic heterocycles. The van der Waals surface area contributed by atoms with Gasteiger partial charge in [0, 0.05) is 12.7 Å². The molecule has 0 radical (unpaired) electrons. The van der Waals surface area contributed by atoms with Gasteiger partial charge in [-0.05, 0) is 38.1 Å². The number of halogens is 3. The maximum atomic E-state index is 12.2. The Bertz CT molecular complexity index is 571. The lowest BCUT2D eigenvalue weighted by atomic mass is 10.3. The fourth-order valence-electron chi connectivity index (χ4n) is 1.71. The number of rotatable bonds is 6. The van der Waals surface area contributed by atoms with E-state index in [-0.39, 0.29) is 12.1 Å². The molecule has 0 unspecified atom stereocenters. The maximum Gasteiger partial charge on any atom is 0.406 e. The van der Waals surface area contributed by atoms with Gasteiger partial charge in [-0.15, -0.1) is 0 Å². The molecule has 1 aromatic rings. The Morgan fingerprint density at radius 1 is 1.33 bits per heavy atom. The number of nitrogens with zero attached hydrogens (tertiary/aromatic N) is 2. The zero-order chi connectivity index (χ0) is 18.3. The van der Waals surface area contributed by atoms with E-state index in [0.29, 0.717) is 16.3 Å². The molecule has 3 N–H and O–H groups in total. The lowest BCUT2D eigenvalue weighted by Gasteiger charge is -2.18. The van der Waals surface area contributed by atoms with Crippen molar-refractivity contribution in [3.05, 3.63) is 24.3 Å². The Morgan fingerprint density at radius 3 is 2.42 bits per heavy atom. The van der Waals surface area contributed by atoms with E-state index in [9.17, 15) is 18.0 Å². The molecule has 1 rings (SSSR count). The Morgan fingerprint density at radius 2 is 1.92 bits per heavy atom. The van der Waals surface area contributed by atoms with Crippen LogP contribution in [-0.2, 0) is 4.79 Å². The van der Waals surface area contributed by atoms with Crippen LogP contribution in [0.15, 0.2) is 29.3 Å². The number of hydrogen-bond acceptors (Lipinski definition) is 3. The summed E-state index contributed by atoms with van der Waals surface area (Å²) < 4.78 is 42.1. The van der Waals surface area contributed by atoms with Crippen molar-refractivity contribution in [1.82, 2.24) is 4.90 Å². The van der Waals surface area contributed by atoms with E-state index in [2.05, 4.69) is 10.3 Å². The van der Waals surface area contributed by atoms with Gasteiger partial charge in [0.25, 0.3) is 0 Å². The van der Waals surface area contributed by atoms with E-state index in [4.69, 9.17) is 10.5 Å². The van der Waals surface area contributed by atoms with Crippen molar-refractivity contribution in [3.63, 3.8) is 0 Å². The summed E-state index contributed by atoms with van der Waals surface area (Å²) in [7, 11) is 1.06. The second-order valence-electron chi connectivity index (χ2n) is 5.38. The van der Waals surface area contributed by atoms with Crippen molar-refractivity contribution >= 4 is 17.6 Å². The number of anilines is 1. The van der Waals surface area contributed by atoms with Crippen LogP contribution in [0.1, 0.15) is 13.8 Å². The van der Waals surface area contributed by atoms with E-state index in [1.807, 2.05) is 13.8 Å². The third kappa shape index (κ3) is 7.70. The average molecular weight is 346 g/mol. The molecular formula is C15H21F3N4O2. The Labute approximate surface area is 138 Å². The molecule has 0 fully saturated rings. The average Bonchev–Trinajstić information content (AvgIpc) is 2.44. The zero-order valence-electron chi connectivity index (χ0n) is 13.7. The number of aliphatic imine (C=N–C) groups is 1. The summed E-state index contributed by atoms with van der Waals surface area (Å²) in [6.07, 6.45) is -4.40. The lowest BCUT2D eigenvalue weighted by molar-refractivity contribution is -0.157. The van der Waals surface area contributed by atoms with Crippen molar-refractivity contribution in [2.75, 3.05) is 25.5 Å². The molecule has 0 saturated heterocycles. The Hall–Kier alpha value is -2.45. The van der Waals surface area contributed by atoms with Gasteiger partial charge in [-0.2, -0.15) is 13.2 Å². The first-order chi connectivity index (χ1) is 11.1. The molecule has 0 saturated carbocycles. The number of alkyl halides is 3. The first-order valence-electron chi connectivity index (χ1n) is 7.21. The summed E-state index contributed by atoms with van der Waals surface area (Å²) >= 11 is 0. The molecule has 1 amide bonds. The first kappa shape index (κ1) is 19.6. The number of hydrogen-bond donors (Lipinski definition) is 2. The van der Waals surface area contributed by atoms with Crippen molar-refractivity contribution in [2.24, 2.45) is 10.7 Å². The van der Waals surface area contributed by atoms with Crippen molar-refractivity contribution in [2.45, 2.75) is 26.1 Å².